The second kappa shape index (κ2) is 5.54. The van der Waals surface area contributed by atoms with Crippen LogP contribution in [0.1, 0.15) is 5.56 Å². The summed E-state index contributed by atoms with van der Waals surface area (Å²) in [5.41, 5.74) is -0.891. The molecule has 0 amide bonds. The first-order valence-corrected chi connectivity index (χ1v) is 5.86. The first kappa shape index (κ1) is 16.2. The molecular weight excluding hydrogens is 318 g/mol. The van der Waals surface area contributed by atoms with E-state index >= 15 is 0 Å². The van der Waals surface area contributed by atoms with Crippen molar-refractivity contribution in [3.05, 3.63) is 35.4 Å². The van der Waals surface area contributed by atoms with Gasteiger partial charge in [-0.15, -0.1) is 0 Å². The van der Waals surface area contributed by atoms with Crippen LogP contribution in [-0.2, 0) is 9.53 Å². The van der Waals surface area contributed by atoms with Crippen LogP contribution in [0, 0.1) is 0 Å². The first-order valence-electron chi connectivity index (χ1n) is 5.86. The van der Waals surface area contributed by atoms with E-state index in [9.17, 15) is 31.1 Å². The standard InChI is InChI=1S/C13H8F6O3/c14-12(15,16)6-21-11(20)8-5-7-3-1-2-4-9(7)22-10(8)13(17,18)19/h1-5,10H,6H2. The molecule has 0 fully saturated rings. The topological polar surface area (TPSA) is 35.5 Å². The third-order valence-corrected chi connectivity index (χ3v) is 2.66. The third kappa shape index (κ3) is 3.71. The van der Waals surface area contributed by atoms with Gasteiger partial charge in [0.1, 0.15) is 5.75 Å². The summed E-state index contributed by atoms with van der Waals surface area (Å²) in [5.74, 6) is -1.86. The Morgan fingerprint density at radius 1 is 1.14 bits per heavy atom. The van der Waals surface area contributed by atoms with Crippen molar-refractivity contribution in [2.24, 2.45) is 0 Å². The van der Waals surface area contributed by atoms with Crippen LogP contribution in [0.15, 0.2) is 29.8 Å². The summed E-state index contributed by atoms with van der Waals surface area (Å²) in [7, 11) is 0. The zero-order chi connectivity index (χ0) is 16.5. The number of carbonyl (C=O) groups is 1. The molecule has 1 aliphatic heterocycles. The number of alkyl halides is 6. The molecule has 0 saturated heterocycles. The lowest BCUT2D eigenvalue weighted by atomic mass is 10.0. The van der Waals surface area contributed by atoms with Crippen molar-refractivity contribution in [2.75, 3.05) is 6.61 Å². The molecule has 0 aliphatic carbocycles. The number of benzene rings is 1. The number of ether oxygens (including phenoxy) is 2. The minimum Gasteiger partial charge on any atom is -0.475 e. The van der Waals surface area contributed by atoms with Gasteiger partial charge in [0.15, 0.2) is 6.61 Å². The number of para-hydroxylation sites is 1. The van der Waals surface area contributed by atoms with Crippen LogP contribution in [0.2, 0.25) is 0 Å². The Morgan fingerprint density at radius 3 is 2.36 bits per heavy atom. The molecule has 22 heavy (non-hydrogen) atoms. The van der Waals surface area contributed by atoms with Gasteiger partial charge in [-0.2, -0.15) is 26.3 Å². The van der Waals surface area contributed by atoms with Crippen LogP contribution in [0.4, 0.5) is 26.3 Å². The van der Waals surface area contributed by atoms with Gasteiger partial charge in [-0.1, -0.05) is 18.2 Å². The largest absolute Gasteiger partial charge is 0.475 e. The van der Waals surface area contributed by atoms with Crippen molar-refractivity contribution in [3.8, 4) is 5.75 Å². The van der Waals surface area contributed by atoms with Crippen LogP contribution in [0.3, 0.4) is 0 Å². The van der Waals surface area contributed by atoms with Crippen molar-refractivity contribution in [2.45, 2.75) is 18.5 Å². The van der Waals surface area contributed by atoms with E-state index in [0.29, 0.717) is 0 Å². The number of esters is 1. The van der Waals surface area contributed by atoms with E-state index in [-0.39, 0.29) is 11.3 Å². The van der Waals surface area contributed by atoms with Crippen molar-refractivity contribution in [1.29, 1.82) is 0 Å². The fraction of sp³-hybridized carbons (Fsp3) is 0.308. The number of hydrogen-bond acceptors (Lipinski definition) is 3. The lowest BCUT2D eigenvalue weighted by molar-refractivity contribution is -0.196. The Labute approximate surface area is 120 Å². The molecule has 1 unspecified atom stereocenters. The van der Waals surface area contributed by atoms with E-state index in [0.717, 1.165) is 6.08 Å². The highest BCUT2D eigenvalue weighted by atomic mass is 19.4. The highest BCUT2D eigenvalue weighted by Gasteiger charge is 2.49. The van der Waals surface area contributed by atoms with Crippen LogP contribution in [-0.4, -0.2) is 31.0 Å². The molecule has 1 atom stereocenters. The number of carbonyl (C=O) groups excluding carboxylic acids is 1. The fourth-order valence-corrected chi connectivity index (χ4v) is 1.78. The van der Waals surface area contributed by atoms with E-state index in [4.69, 9.17) is 0 Å². The lowest BCUT2D eigenvalue weighted by Gasteiger charge is -2.27. The maximum Gasteiger partial charge on any atom is 0.430 e. The van der Waals surface area contributed by atoms with Crippen LogP contribution in [0.25, 0.3) is 6.08 Å². The van der Waals surface area contributed by atoms with Crippen molar-refractivity contribution < 1.29 is 40.6 Å². The van der Waals surface area contributed by atoms with Crippen molar-refractivity contribution in [3.63, 3.8) is 0 Å². The third-order valence-electron chi connectivity index (χ3n) is 2.66. The molecular formula is C13H8F6O3. The maximum absolute atomic E-state index is 12.9. The van der Waals surface area contributed by atoms with Gasteiger partial charge in [-0.05, 0) is 12.1 Å². The normalized spacial score (nSPS) is 18.1. The predicted molar refractivity (Wildman–Crippen MR) is 61.9 cm³/mol. The molecule has 0 N–H and O–H groups in total. The quantitative estimate of drug-likeness (QED) is 0.616. The van der Waals surface area contributed by atoms with Crippen molar-refractivity contribution >= 4 is 12.0 Å². The second-order valence-electron chi connectivity index (χ2n) is 4.37. The molecule has 2 rings (SSSR count). The summed E-state index contributed by atoms with van der Waals surface area (Å²) in [4.78, 5) is 11.5. The highest BCUT2D eigenvalue weighted by Crippen LogP contribution is 2.37. The molecule has 1 aromatic carbocycles. The summed E-state index contributed by atoms with van der Waals surface area (Å²) < 4.78 is 83.3. The molecule has 1 aromatic rings. The zero-order valence-corrected chi connectivity index (χ0v) is 10.7. The van der Waals surface area contributed by atoms with Gasteiger partial charge in [-0.25, -0.2) is 4.79 Å². The molecule has 0 spiro atoms. The van der Waals surface area contributed by atoms with Gasteiger partial charge in [0.2, 0.25) is 6.10 Å². The number of rotatable bonds is 2. The summed E-state index contributed by atoms with van der Waals surface area (Å²) >= 11 is 0. The van der Waals surface area contributed by atoms with Crippen molar-refractivity contribution in [1.82, 2.24) is 0 Å². The number of hydrogen-bond donors (Lipinski definition) is 0. The Morgan fingerprint density at radius 2 is 1.77 bits per heavy atom. The minimum atomic E-state index is -4.98. The predicted octanol–water partition coefficient (Wildman–Crippen LogP) is 3.50. The molecule has 1 heterocycles. The Hall–Kier alpha value is -2.19. The SMILES string of the molecule is O=C(OCC(F)(F)F)C1=Cc2ccccc2OC1C(F)(F)F. The molecule has 1 aliphatic rings. The molecule has 9 heteroatoms. The smallest absolute Gasteiger partial charge is 0.430 e. The van der Waals surface area contributed by atoms with Crippen LogP contribution < -0.4 is 4.74 Å². The van der Waals surface area contributed by atoms with E-state index < -0.39 is 36.6 Å². The first-order chi connectivity index (χ1) is 10.1. The van der Waals surface area contributed by atoms with E-state index in [2.05, 4.69) is 9.47 Å². The summed E-state index contributed by atoms with van der Waals surface area (Å²) in [6.07, 6.45) is -11.7. The van der Waals surface area contributed by atoms with Gasteiger partial charge in [0.25, 0.3) is 0 Å². The average molecular weight is 326 g/mol. The van der Waals surface area contributed by atoms with Gasteiger partial charge in [0, 0.05) is 5.56 Å². The lowest BCUT2D eigenvalue weighted by Crippen LogP contribution is -2.41. The Bertz CT molecular complexity index is 603. The average Bonchev–Trinajstić information content (AvgIpc) is 2.41. The van der Waals surface area contributed by atoms with Gasteiger partial charge < -0.3 is 9.47 Å². The van der Waals surface area contributed by atoms with Gasteiger partial charge in [-0.3, -0.25) is 0 Å². The monoisotopic (exact) mass is 326 g/mol. The molecule has 120 valence electrons. The summed E-state index contributed by atoms with van der Waals surface area (Å²) in [6, 6.07) is 5.51. The minimum absolute atomic E-state index is 0.128. The van der Waals surface area contributed by atoms with Crippen LogP contribution in [0.5, 0.6) is 5.75 Å². The second-order valence-corrected chi connectivity index (χ2v) is 4.37. The molecule has 3 nitrogen and oxygen atoms in total. The van der Waals surface area contributed by atoms with E-state index in [1.807, 2.05) is 0 Å². The van der Waals surface area contributed by atoms with Crippen LogP contribution >= 0.6 is 0 Å². The van der Waals surface area contributed by atoms with E-state index in [1.54, 1.807) is 0 Å². The highest BCUT2D eigenvalue weighted by molar-refractivity contribution is 5.96. The van der Waals surface area contributed by atoms with Gasteiger partial charge in [0.05, 0.1) is 5.57 Å². The molecule has 0 radical (unpaired) electrons. The summed E-state index contributed by atoms with van der Waals surface area (Å²) in [5, 5.41) is 0. The Kier molecular flexibility index (Phi) is 4.08. The molecule has 0 saturated carbocycles. The van der Waals surface area contributed by atoms with E-state index in [1.165, 1.54) is 24.3 Å². The zero-order valence-electron chi connectivity index (χ0n) is 10.7. The molecule has 0 bridgehead atoms. The Balaban J connectivity index is 2.32. The summed E-state index contributed by atoms with van der Waals surface area (Å²) in [6.45, 7) is -1.98. The molecule has 0 aromatic heterocycles. The number of fused-ring (bicyclic) bond motifs is 1. The fourth-order valence-electron chi connectivity index (χ4n) is 1.78. The number of halogens is 6. The maximum atomic E-state index is 12.9. The van der Waals surface area contributed by atoms with Gasteiger partial charge >= 0.3 is 18.3 Å².